The molecule has 12 heavy (non-hydrogen) atoms. The van der Waals surface area contributed by atoms with E-state index in [1.54, 1.807) is 0 Å². The zero-order valence-electron chi connectivity index (χ0n) is 8.18. The predicted molar refractivity (Wildman–Crippen MR) is 53.0 cm³/mol. The van der Waals surface area contributed by atoms with Crippen molar-refractivity contribution < 1.29 is 0 Å². The lowest BCUT2D eigenvalue weighted by molar-refractivity contribution is 0.196. The minimum atomic E-state index is 0.764. The molecule has 2 nitrogen and oxygen atoms in total. The van der Waals surface area contributed by atoms with Crippen molar-refractivity contribution in [3.05, 3.63) is 0 Å². The van der Waals surface area contributed by atoms with Crippen LogP contribution < -0.4 is 11.1 Å². The third-order valence-corrected chi connectivity index (χ3v) is 2.76. The third kappa shape index (κ3) is 3.55. The van der Waals surface area contributed by atoms with Gasteiger partial charge in [-0.3, -0.25) is 0 Å². The first-order valence-corrected chi connectivity index (χ1v) is 5.23. The molecular formula is C10H22N2. The summed E-state index contributed by atoms with van der Waals surface area (Å²) in [5.74, 6) is 2.05. The smallest absolute Gasteiger partial charge is 0.00745 e. The zero-order chi connectivity index (χ0) is 8.81. The quantitative estimate of drug-likeness (QED) is 0.591. The predicted octanol–water partition coefficient (Wildman–Crippen LogP) is 1.36. The van der Waals surface area contributed by atoms with E-state index in [0.717, 1.165) is 31.5 Å². The number of hydrogen-bond acceptors (Lipinski definition) is 2. The highest BCUT2D eigenvalue weighted by molar-refractivity contribution is 4.76. The summed E-state index contributed by atoms with van der Waals surface area (Å²) >= 11 is 0. The maximum Gasteiger partial charge on any atom is 0.00745 e. The Balaban J connectivity index is 1.77. The fourth-order valence-electron chi connectivity index (χ4n) is 2.05. The first-order chi connectivity index (χ1) is 5.83. The van der Waals surface area contributed by atoms with Crippen LogP contribution >= 0.6 is 0 Å². The Labute approximate surface area is 75.9 Å². The van der Waals surface area contributed by atoms with Crippen LogP contribution in [0.3, 0.4) is 0 Å². The standard InChI is InChI=1S/C10H22N2/c1-9-7-10(8-9)3-2-5-12-6-4-11/h9-10,12H,2-8,11H2,1H3. The van der Waals surface area contributed by atoms with Gasteiger partial charge in [-0.05, 0) is 44.1 Å². The van der Waals surface area contributed by atoms with Gasteiger partial charge in [0.15, 0.2) is 0 Å². The molecular weight excluding hydrogens is 148 g/mol. The summed E-state index contributed by atoms with van der Waals surface area (Å²) in [6.07, 6.45) is 5.69. The summed E-state index contributed by atoms with van der Waals surface area (Å²) < 4.78 is 0. The van der Waals surface area contributed by atoms with Crippen LogP contribution in [0.4, 0.5) is 0 Å². The highest BCUT2D eigenvalue weighted by atomic mass is 14.9. The molecule has 3 N–H and O–H groups in total. The first-order valence-electron chi connectivity index (χ1n) is 5.23. The van der Waals surface area contributed by atoms with E-state index in [4.69, 9.17) is 5.73 Å². The summed E-state index contributed by atoms with van der Waals surface area (Å²) in [5, 5.41) is 3.32. The Morgan fingerprint density at radius 2 is 2.08 bits per heavy atom. The summed E-state index contributed by atoms with van der Waals surface area (Å²) in [4.78, 5) is 0. The fourth-order valence-corrected chi connectivity index (χ4v) is 2.05. The Bertz CT molecular complexity index is 108. The van der Waals surface area contributed by atoms with Gasteiger partial charge >= 0.3 is 0 Å². The molecule has 0 amide bonds. The molecule has 1 aliphatic rings. The van der Waals surface area contributed by atoms with Crippen LogP contribution in [0.5, 0.6) is 0 Å². The molecule has 0 atom stereocenters. The van der Waals surface area contributed by atoms with Crippen LogP contribution in [0.25, 0.3) is 0 Å². The second-order valence-corrected chi connectivity index (χ2v) is 4.12. The first kappa shape index (κ1) is 10.0. The van der Waals surface area contributed by atoms with E-state index in [-0.39, 0.29) is 0 Å². The lowest BCUT2D eigenvalue weighted by atomic mass is 9.74. The topological polar surface area (TPSA) is 38.0 Å². The van der Waals surface area contributed by atoms with E-state index >= 15 is 0 Å². The van der Waals surface area contributed by atoms with Gasteiger partial charge in [0.25, 0.3) is 0 Å². The van der Waals surface area contributed by atoms with E-state index in [9.17, 15) is 0 Å². The second kappa shape index (κ2) is 5.55. The molecule has 0 unspecified atom stereocenters. The third-order valence-electron chi connectivity index (χ3n) is 2.76. The molecule has 1 aliphatic carbocycles. The molecule has 72 valence electrons. The molecule has 1 rings (SSSR count). The van der Waals surface area contributed by atoms with Crippen LogP contribution in [0.15, 0.2) is 0 Å². The highest BCUT2D eigenvalue weighted by Gasteiger charge is 2.23. The van der Waals surface area contributed by atoms with Gasteiger partial charge < -0.3 is 11.1 Å². The van der Waals surface area contributed by atoms with Crippen molar-refractivity contribution in [2.24, 2.45) is 17.6 Å². The minimum absolute atomic E-state index is 0.764. The van der Waals surface area contributed by atoms with Crippen molar-refractivity contribution >= 4 is 0 Å². The van der Waals surface area contributed by atoms with Crippen molar-refractivity contribution in [3.63, 3.8) is 0 Å². The highest BCUT2D eigenvalue weighted by Crippen LogP contribution is 2.35. The average molecular weight is 170 g/mol. The lowest BCUT2D eigenvalue weighted by Gasteiger charge is -2.32. The summed E-state index contributed by atoms with van der Waals surface area (Å²) in [7, 11) is 0. The Morgan fingerprint density at radius 3 is 2.67 bits per heavy atom. The maximum absolute atomic E-state index is 5.36. The van der Waals surface area contributed by atoms with E-state index < -0.39 is 0 Å². The molecule has 1 fully saturated rings. The largest absolute Gasteiger partial charge is 0.329 e. The number of nitrogens with two attached hydrogens (primary N) is 1. The van der Waals surface area contributed by atoms with Crippen molar-refractivity contribution in [2.75, 3.05) is 19.6 Å². The number of rotatable bonds is 6. The lowest BCUT2D eigenvalue weighted by Crippen LogP contribution is -2.25. The molecule has 0 bridgehead atoms. The molecule has 0 aromatic heterocycles. The van der Waals surface area contributed by atoms with Crippen LogP contribution in [0.1, 0.15) is 32.6 Å². The molecule has 1 saturated carbocycles. The van der Waals surface area contributed by atoms with Gasteiger partial charge in [-0.1, -0.05) is 6.92 Å². The van der Waals surface area contributed by atoms with Crippen molar-refractivity contribution in [1.82, 2.24) is 5.32 Å². The van der Waals surface area contributed by atoms with Crippen molar-refractivity contribution in [3.8, 4) is 0 Å². The van der Waals surface area contributed by atoms with E-state index in [0.29, 0.717) is 0 Å². The maximum atomic E-state index is 5.36. The molecule has 0 spiro atoms. The van der Waals surface area contributed by atoms with Gasteiger partial charge in [0.2, 0.25) is 0 Å². The van der Waals surface area contributed by atoms with Gasteiger partial charge in [0, 0.05) is 13.1 Å². The molecule has 0 heterocycles. The summed E-state index contributed by atoms with van der Waals surface area (Å²) in [6.45, 7) is 5.24. The molecule has 0 radical (unpaired) electrons. The molecule has 0 saturated heterocycles. The van der Waals surface area contributed by atoms with Crippen LogP contribution in [0.2, 0.25) is 0 Å². The molecule has 0 aromatic rings. The van der Waals surface area contributed by atoms with Crippen LogP contribution in [-0.4, -0.2) is 19.6 Å². The van der Waals surface area contributed by atoms with Gasteiger partial charge in [-0.25, -0.2) is 0 Å². The van der Waals surface area contributed by atoms with E-state index in [1.165, 1.54) is 25.7 Å². The SMILES string of the molecule is CC1CC(CCCNCCN)C1. The molecule has 2 heteroatoms. The molecule has 0 aromatic carbocycles. The van der Waals surface area contributed by atoms with E-state index in [1.807, 2.05) is 0 Å². The Kier molecular flexibility index (Phi) is 4.62. The number of nitrogens with one attached hydrogen (secondary N) is 1. The Hall–Kier alpha value is -0.0800. The van der Waals surface area contributed by atoms with Gasteiger partial charge in [0.05, 0.1) is 0 Å². The normalized spacial score (nSPS) is 28.5. The van der Waals surface area contributed by atoms with Crippen LogP contribution in [-0.2, 0) is 0 Å². The number of hydrogen-bond donors (Lipinski definition) is 2. The van der Waals surface area contributed by atoms with Gasteiger partial charge in [-0.15, -0.1) is 0 Å². The van der Waals surface area contributed by atoms with E-state index in [2.05, 4.69) is 12.2 Å². The Morgan fingerprint density at radius 1 is 1.33 bits per heavy atom. The van der Waals surface area contributed by atoms with Gasteiger partial charge in [-0.2, -0.15) is 0 Å². The summed E-state index contributed by atoms with van der Waals surface area (Å²) in [5.41, 5.74) is 5.36. The molecule has 0 aliphatic heterocycles. The van der Waals surface area contributed by atoms with Crippen molar-refractivity contribution in [2.45, 2.75) is 32.6 Å². The minimum Gasteiger partial charge on any atom is -0.329 e. The monoisotopic (exact) mass is 170 g/mol. The second-order valence-electron chi connectivity index (χ2n) is 4.12. The summed E-state index contributed by atoms with van der Waals surface area (Å²) in [6, 6.07) is 0. The zero-order valence-corrected chi connectivity index (χ0v) is 8.18. The fraction of sp³-hybridized carbons (Fsp3) is 1.00. The van der Waals surface area contributed by atoms with Crippen LogP contribution in [0, 0.1) is 11.8 Å². The average Bonchev–Trinajstić information content (AvgIpc) is 2.00. The van der Waals surface area contributed by atoms with Gasteiger partial charge in [0.1, 0.15) is 0 Å². The van der Waals surface area contributed by atoms with Crippen molar-refractivity contribution in [1.29, 1.82) is 0 Å².